The lowest BCUT2D eigenvalue weighted by atomic mass is 10.1. The predicted octanol–water partition coefficient (Wildman–Crippen LogP) is 3.14. The summed E-state index contributed by atoms with van der Waals surface area (Å²) in [5, 5.41) is 0. The van der Waals surface area contributed by atoms with Crippen LogP contribution in [0.4, 0.5) is 4.79 Å². The van der Waals surface area contributed by atoms with Gasteiger partial charge < -0.3 is 14.4 Å². The van der Waals surface area contributed by atoms with E-state index in [4.69, 9.17) is 4.74 Å². The number of amides is 1. The number of carbonyl (C=O) groups is 2. The van der Waals surface area contributed by atoms with E-state index >= 15 is 0 Å². The first-order valence-electron chi connectivity index (χ1n) is 6.80. The molecule has 4 heteroatoms. The Hall–Kier alpha value is -1.06. The van der Waals surface area contributed by atoms with Crippen LogP contribution in [0.5, 0.6) is 0 Å². The molecule has 0 N–H and O–H groups in total. The molecule has 1 aliphatic carbocycles. The van der Waals surface area contributed by atoms with Gasteiger partial charge in [-0.25, -0.2) is 4.79 Å². The summed E-state index contributed by atoms with van der Waals surface area (Å²) in [6.07, 6.45) is 5.29. The smallest absolute Gasteiger partial charge is 0.410 e. The maximum atomic E-state index is 12.2. The average molecular weight is 255 g/mol. The van der Waals surface area contributed by atoms with Crippen LogP contribution in [0.25, 0.3) is 0 Å². The van der Waals surface area contributed by atoms with Crippen molar-refractivity contribution in [2.45, 2.75) is 77.5 Å². The first kappa shape index (κ1) is 15.0. The molecule has 0 radical (unpaired) electrons. The molecule has 4 nitrogen and oxygen atoms in total. The third kappa shape index (κ3) is 4.31. The molecule has 1 rings (SSSR count). The van der Waals surface area contributed by atoms with E-state index in [1.165, 1.54) is 0 Å². The van der Waals surface area contributed by atoms with Gasteiger partial charge in [-0.2, -0.15) is 0 Å². The van der Waals surface area contributed by atoms with Crippen molar-refractivity contribution in [3.63, 3.8) is 0 Å². The minimum Gasteiger partial charge on any atom is -0.444 e. The van der Waals surface area contributed by atoms with Crippen LogP contribution in [0.3, 0.4) is 0 Å². The van der Waals surface area contributed by atoms with Crippen LogP contribution < -0.4 is 0 Å². The highest BCUT2D eigenvalue weighted by Gasteiger charge is 2.33. The Morgan fingerprint density at radius 3 is 2.39 bits per heavy atom. The Labute approximate surface area is 110 Å². The van der Waals surface area contributed by atoms with Crippen LogP contribution in [0.1, 0.15) is 59.8 Å². The number of aldehydes is 1. The fourth-order valence-corrected chi connectivity index (χ4v) is 2.44. The van der Waals surface area contributed by atoms with Crippen molar-refractivity contribution in [2.75, 3.05) is 0 Å². The van der Waals surface area contributed by atoms with E-state index in [1.54, 1.807) is 4.90 Å². The number of carbonyl (C=O) groups excluding carboxylic acids is 2. The third-order valence-electron chi connectivity index (χ3n) is 3.23. The number of ether oxygens (including phenoxy) is 1. The van der Waals surface area contributed by atoms with Crippen LogP contribution in [-0.4, -0.2) is 35.0 Å². The Balaban J connectivity index is 2.75. The predicted molar refractivity (Wildman–Crippen MR) is 70.5 cm³/mol. The number of hydrogen-bond acceptors (Lipinski definition) is 3. The molecular weight excluding hydrogens is 230 g/mol. The van der Waals surface area contributed by atoms with Gasteiger partial charge >= 0.3 is 6.09 Å². The maximum Gasteiger partial charge on any atom is 0.410 e. The normalized spacial score (nSPS) is 18.4. The van der Waals surface area contributed by atoms with Crippen molar-refractivity contribution in [3.05, 3.63) is 0 Å². The molecule has 1 fully saturated rings. The molecule has 0 saturated heterocycles. The number of rotatable bonds is 4. The molecule has 1 unspecified atom stereocenters. The van der Waals surface area contributed by atoms with E-state index in [1.807, 2.05) is 27.7 Å². The van der Waals surface area contributed by atoms with Gasteiger partial charge in [0.15, 0.2) is 0 Å². The molecular formula is C14H25NO3. The lowest BCUT2D eigenvalue weighted by Gasteiger charge is -2.35. The zero-order chi connectivity index (χ0) is 13.8. The first-order valence-corrected chi connectivity index (χ1v) is 6.80. The highest BCUT2D eigenvalue weighted by molar-refractivity contribution is 5.69. The topological polar surface area (TPSA) is 46.6 Å². The molecule has 104 valence electrons. The van der Waals surface area contributed by atoms with Gasteiger partial charge in [0, 0.05) is 18.5 Å². The first-order chi connectivity index (χ1) is 8.35. The van der Waals surface area contributed by atoms with Crippen molar-refractivity contribution in [3.8, 4) is 0 Å². The van der Waals surface area contributed by atoms with E-state index in [0.717, 1.165) is 32.0 Å². The SMILES string of the molecule is CC(CC=O)N(C(=O)OC(C)(C)C)C1CCCC1. The third-order valence-corrected chi connectivity index (χ3v) is 3.23. The minimum absolute atomic E-state index is 0.0829. The second-order valence-corrected chi connectivity index (χ2v) is 6.08. The molecule has 18 heavy (non-hydrogen) atoms. The van der Waals surface area contributed by atoms with Gasteiger partial charge in [0.1, 0.15) is 11.9 Å². The molecule has 0 heterocycles. The summed E-state index contributed by atoms with van der Waals surface area (Å²) in [5.41, 5.74) is -0.491. The molecule has 0 aliphatic heterocycles. The summed E-state index contributed by atoms with van der Waals surface area (Å²) in [6.45, 7) is 7.50. The molecule has 0 bridgehead atoms. The zero-order valence-corrected chi connectivity index (χ0v) is 11.9. The van der Waals surface area contributed by atoms with E-state index in [0.29, 0.717) is 6.42 Å². The lowest BCUT2D eigenvalue weighted by molar-refractivity contribution is -0.108. The maximum absolute atomic E-state index is 12.2. The van der Waals surface area contributed by atoms with Crippen LogP contribution in [0, 0.1) is 0 Å². The second-order valence-electron chi connectivity index (χ2n) is 6.08. The molecule has 1 amide bonds. The van der Waals surface area contributed by atoms with Gasteiger partial charge in [-0.3, -0.25) is 0 Å². The molecule has 1 aliphatic rings. The van der Waals surface area contributed by atoms with E-state index < -0.39 is 5.60 Å². The fourth-order valence-electron chi connectivity index (χ4n) is 2.44. The second kappa shape index (κ2) is 6.21. The monoisotopic (exact) mass is 255 g/mol. The summed E-state index contributed by atoms with van der Waals surface area (Å²) in [5.74, 6) is 0. The zero-order valence-electron chi connectivity index (χ0n) is 11.9. The molecule has 0 spiro atoms. The van der Waals surface area contributed by atoms with Crippen molar-refractivity contribution in [2.24, 2.45) is 0 Å². The molecule has 0 aromatic rings. The van der Waals surface area contributed by atoms with E-state index in [2.05, 4.69) is 0 Å². The molecule has 0 aromatic carbocycles. The van der Waals surface area contributed by atoms with Gasteiger partial charge in [0.05, 0.1) is 0 Å². The van der Waals surface area contributed by atoms with Crippen molar-refractivity contribution < 1.29 is 14.3 Å². The van der Waals surface area contributed by atoms with Crippen LogP contribution in [0.15, 0.2) is 0 Å². The van der Waals surface area contributed by atoms with Crippen LogP contribution in [0.2, 0.25) is 0 Å². The number of nitrogens with zero attached hydrogens (tertiary/aromatic N) is 1. The van der Waals surface area contributed by atoms with Crippen LogP contribution >= 0.6 is 0 Å². The van der Waals surface area contributed by atoms with E-state index in [-0.39, 0.29) is 18.2 Å². The van der Waals surface area contributed by atoms with Gasteiger partial charge in [-0.1, -0.05) is 12.8 Å². The summed E-state index contributed by atoms with van der Waals surface area (Å²) in [4.78, 5) is 24.7. The van der Waals surface area contributed by atoms with Crippen LogP contribution in [-0.2, 0) is 9.53 Å². The number of hydrogen-bond donors (Lipinski definition) is 0. The standard InChI is InChI=1S/C14H25NO3/c1-11(9-10-16)15(12-7-5-6-8-12)13(17)18-14(2,3)4/h10-12H,5-9H2,1-4H3. The summed E-state index contributed by atoms with van der Waals surface area (Å²) in [7, 11) is 0. The molecule has 1 saturated carbocycles. The van der Waals surface area contributed by atoms with Crippen molar-refractivity contribution >= 4 is 12.4 Å². The summed E-state index contributed by atoms with van der Waals surface area (Å²) < 4.78 is 5.45. The summed E-state index contributed by atoms with van der Waals surface area (Å²) >= 11 is 0. The Bertz CT molecular complexity index is 290. The van der Waals surface area contributed by atoms with E-state index in [9.17, 15) is 9.59 Å². The fraction of sp³-hybridized carbons (Fsp3) is 0.857. The van der Waals surface area contributed by atoms with Crippen molar-refractivity contribution in [1.82, 2.24) is 4.90 Å². The molecule has 0 aromatic heterocycles. The van der Waals surface area contributed by atoms with Gasteiger partial charge in [-0.05, 0) is 40.5 Å². The van der Waals surface area contributed by atoms with Gasteiger partial charge in [-0.15, -0.1) is 0 Å². The van der Waals surface area contributed by atoms with Crippen molar-refractivity contribution in [1.29, 1.82) is 0 Å². The van der Waals surface area contributed by atoms with Gasteiger partial charge in [0.25, 0.3) is 0 Å². The largest absolute Gasteiger partial charge is 0.444 e. The summed E-state index contributed by atoms with van der Waals surface area (Å²) in [6, 6.07) is 0.148. The minimum atomic E-state index is -0.491. The Morgan fingerprint density at radius 2 is 1.94 bits per heavy atom. The Kier molecular flexibility index (Phi) is 5.17. The quantitative estimate of drug-likeness (QED) is 0.725. The van der Waals surface area contributed by atoms with Gasteiger partial charge in [0.2, 0.25) is 0 Å². The molecule has 1 atom stereocenters. The highest BCUT2D eigenvalue weighted by Crippen LogP contribution is 2.27. The Morgan fingerprint density at radius 1 is 1.39 bits per heavy atom. The highest BCUT2D eigenvalue weighted by atomic mass is 16.6. The average Bonchev–Trinajstić information content (AvgIpc) is 2.68. The lowest BCUT2D eigenvalue weighted by Crippen LogP contribution is -2.47.